The van der Waals surface area contributed by atoms with E-state index in [-0.39, 0.29) is 17.1 Å². The van der Waals surface area contributed by atoms with Gasteiger partial charge in [0.2, 0.25) is 0 Å². The maximum absolute atomic E-state index is 12.3. The molecule has 29 heavy (non-hydrogen) atoms. The van der Waals surface area contributed by atoms with Gasteiger partial charge in [0, 0.05) is 11.8 Å². The molecule has 0 aromatic rings. The van der Waals surface area contributed by atoms with Crippen LogP contribution in [0.2, 0.25) is 0 Å². The molecule has 1 spiro atoms. The Balaban J connectivity index is 1.32. The van der Waals surface area contributed by atoms with E-state index < -0.39 is 0 Å². The zero-order chi connectivity index (χ0) is 20.6. The van der Waals surface area contributed by atoms with E-state index in [1.54, 1.807) is 0 Å². The lowest BCUT2D eigenvalue weighted by atomic mass is 9.44. The molecule has 2 nitrogen and oxygen atoms in total. The number of carbonyl (C=O) groups is 1. The summed E-state index contributed by atoms with van der Waals surface area (Å²) in [6.45, 7) is 12.5. The van der Waals surface area contributed by atoms with Crippen LogP contribution in [0.4, 0.5) is 0 Å². The summed E-state index contributed by atoms with van der Waals surface area (Å²) >= 11 is 0. The average molecular weight is 401 g/mol. The Morgan fingerprint density at radius 2 is 1.76 bits per heavy atom. The maximum Gasteiger partial charge on any atom is 0.164 e. The molecule has 1 heterocycles. The fraction of sp³-hybridized carbons (Fsp3) is 0.963. The number of ketones is 1. The molecule has 0 bridgehead atoms. The highest BCUT2D eigenvalue weighted by Gasteiger charge is 2.76. The second kappa shape index (κ2) is 6.81. The third-order valence-electron chi connectivity index (χ3n) is 11.2. The second-order valence-electron chi connectivity index (χ2n) is 12.7. The Hall–Kier alpha value is -0.370. The van der Waals surface area contributed by atoms with E-state index in [9.17, 15) is 4.79 Å². The first-order valence-electron chi connectivity index (χ1n) is 12.9. The minimum absolute atomic E-state index is 0.0344. The zero-order valence-corrected chi connectivity index (χ0v) is 19.6. The fourth-order valence-electron chi connectivity index (χ4n) is 9.52. The van der Waals surface area contributed by atoms with Crippen molar-refractivity contribution in [2.75, 3.05) is 0 Å². The summed E-state index contributed by atoms with van der Waals surface area (Å²) in [5.41, 5.74) is 0.768. The average Bonchev–Trinajstić information content (AvgIpc) is 3.31. The molecule has 164 valence electrons. The third-order valence-corrected chi connectivity index (χ3v) is 11.2. The Morgan fingerprint density at radius 1 is 0.966 bits per heavy atom. The van der Waals surface area contributed by atoms with E-state index in [0.717, 1.165) is 54.8 Å². The molecule has 1 aliphatic heterocycles. The number of fused-ring (bicyclic) bond motifs is 4. The Labute approximate surface area is 178 Å². The van der Waals surface area contributed by atoms with Gasteiger partial charge in [-0.3, -0.25) is 4.79 Å². The van der Waals surface area contributed by atoms with Crippen LogP contribution in [0.25, 0.3) is 0 Å². The quantitative estimate of drug-likeness (QED) is 0.474. The number of ether oxygens (including phenoxy) is 1. The van der Waals surface area contributed by atoms with Gasteiger partial charge in [-0.25, -0.2) is 0 Å². The van der Waals surface area contributed by atoms with Gasteiger partial charge in [-0.15, -0.1) is 0 Å². The van der Waals surface area contributed by atoms with Crippen molar-refractivity contribution in [1.29, 1.82) is 0 Å². The molecular weight excluding hydrogens is 356 g/mol. The van der Waals surface area contributed by atoms with Crippen molar-refractivity contribution in [3.05, 3.63) is 0 Å². The molecule has 0 aromatic carbocycles. The van der Waals surface area contributed by atoms with E-state index in [0.29, 0.717) is 11.2 Å². The monoisotopic (exact) mass is 400 g/mol. The highest BCUT2D eigenvalue weighted by Crippen LogP contribution is 2.73. The number of hydrogen-bond donors (Lipinski definition) is 0. The van der Waals surface area contributed by atoms with Crippen molar-refractivity contribution in [2.24, 2.45) is 46.3 Å². The lowest BCUT2D eigenvalue weighted by molar-refractivity contribution is -0.132. The van der Waals surface area contributed by atoms with Crippen LogP contribution in [-0.2, 0) is 9.53 Å². The van der Waals surface area contributed by atoms with Crippen molar-refractivity contribution >= 4 is 5.78 Å². The molecule has 1 saturated heterocycles. The smallest absolute Gasteiger partial charge is 0.164 e. The molecule has 0 N–H and O–H groups in total. The number of carbonyl (C=O) groups excluding carboxylic acids is 1. The van der Waals surface area contributed by atoms with Gasteiger partial charge in [0.05, 0.1) is 0 Å². The molecule has 9 atom stereocenters. The van der Waals surface area contributed by atoms with E-state index in [1.165, 1.54) is 51.4 Å². The molecule has 2 heteroatoms. The molecule has 5 fully saturated rings. The summed E-state index contributed by atoms with van der Waals surface area (Å²) in [6.07, 6.45) is 14.3. The van der Waals surface area contributed by atoms with Gasteiger partial charge in [0.25, 0.3) is 0 Å². The third kappa shape index (κ3) is 2.79. The van der Waals surface area contributed by atoms with Crippen LogP contribution in [0.15, 0.2) is 0 Å². The van der Waals surface area contributed by atoms with Crippen LogP contribution in [-0.4, -0.2) is 17.5 Å². The van der Waals surface area contributed by atoms with Gasteiger partial charge < -0.3 is 4.74 Å². The van der Waals surface area contributed by atoms with Crippen LogP contribution < -0.4 is 0 Å². The maximum atomic E-state index is 12.3. The van der Waals surface area contributed by atoms with Crippen molar-refractivity contribution < 1.29 is 9.53 Å². The lowest BCUT2D eigenvalue weighted by Crippen LogP contribution is -2.58. The Bertz CT molecular complexity index is 669. The summed E-state index contributed by atoms with van der Waals surface area (Å²) in [7, 11) is 0. The van der Waals surface area contributed by atoms with Crippen LogP contribution in [0.1, 0.15) is 105 Å². The molecular formula is C27H44O2. The van der Waals surface area contributed by atoms with Gasteiger partial charge in [-0.2, -0.15) is 0 Å². The van der Waals surface area contributed by atoms with Crippen molar-refractivity contribution in [3.8, 4) is 0 Å². The summed E-state index contributed by atoms with van der Waals surface area (Å²) in [5, 5.41) is 0. The molecule has 4 aliphatic carbocycles. The highest BCUT2D eigenvalue weighted by atomic mass is 16.6. The highest BCUT2D eigenvalue weighted by molar-refractivity contribution is 5.88. The minimum Gasteiger partial charge on any atom is -0.357 e. The second-order valence-corrected chi connectivity index (χ2v) is 12.7. The molecule has 5 aliphatic rings. The molecule has 0 amide bonds. The molecule has 0 aromatic heterocycles. The molecule has 4 saturated carbocycles. The first-order valence-corrected chi connectivity index (χ1v) is 12.9. The molecule has 5 rings (SSSR count). The number of Topliss-reactive ketones (excluding diaryl/α,β-unsaturated/α-hetero) is 1. The lowest BCUT2D eigenvalue weighted by Gasteiger charge is -2.59. The fourth-order valence-corrected chi connectivity index (χ4v) is 9.52. The molecule has 1 unspecified atom stereocenters. The first-order chi connectivity index (χ1) is 13.7. The standard InChI is InChI=1S/C27H44O2/c1-17(2)7-6-8-18(3)20-9-10-21-19-11-16-27-24(29-27)23(28)13-15-26(27,5)22(19)12-14-25(20,21)4/h17-22,24H,6-16H2,1-5H3/t18-,19+,20-,21+,22+,24?,25-,26-,27-/m1/s1. The number of hydrogen-bond acceptors (Lipinski definition) is 2. The van der Waals surface area contributed by atoms with Crippen molar-refractivity contribution in [1.82, 2.24) is 0 Å². The predicted octanol–water partition coefficient (Wildman–Crippen LogP) is 6.81. The van der Waals surface area contributed by atoms with Gasteiger partial charge in [-0.05, 0) is 85.9 Å². The van der Waals surface area contributed by atoms with Gasteiger partial charge in [0.1, 0.15) is 11.7 Å². The summed E-state index contributed by atoms with van der Waals surface area (Å²) < 4.78 is 6.24. The Kier molecular flexibility index (Phi) is 4.82. The predicted molar refractivity (Wildman–Crippen MR) is 118 cm³/mol. The molecule has 0 radical (unpaired) electrons. The van der Waals surface area contributed by atoms with Gasteiger partial charge in [0.15, 0.2) is 5.78 Å². The van der Waals surface area contributed by atoms with Crippen molar-refractivity contribution in [3.63, 3.8) is 0 Å². The normalized spacial score (nSPS) is 51.8. The van der Waals surface area contributed by atoms with Crippen LogP contribution in [0.3, 0.4) is 0 Å². The van der Waals surface area contributed by atoms with Gasteiger partial charge >= 0.3 is 0 Å². The van der Waals surface area contributed by atoms with E-state index >= 15 is 0 Å². The summed E-state index contributed by atoms with van der Waals surface area (Å²) in [5.74, 6) is 5.66. The van der Waals surface area contributed by atoms with Crippen LogP contribution >= 0.6 is 0 Å². The van der Waals surface area contributed by atoms with Crippen LogP contribution in [0.5, 0.6) is 0 Å². The summed E-state index contributed by atoms with van der Waals surface area (Å²) in [6, 6.07) is 0. The van der Waals surface area contributed by atoms with E-state index in [1.807, 2.05) is 0 Å². The van der Waals surface area contributed by atoms with Crippen molar-refractivity contribution in [2.45, 2.75) is 117 Å². The van der Waals surface area contributed by atoms with E-state index in [2.05, 4.69) is 34.6 Å². The largest absolute Gasteiger partial charge is 0.357 e. The Morgan fingerprint density at radius 3 is 2.52 bits per heavy atom. The van der Waals surface area contributed by atoms with Gasteiger partial charge in [-0.1, -0.05) is 53.9 Å². The number of epoxide rings is 1. The SMILES string of the molecule is CC(C)CCC[C@@H](C)[C@H]1CC[C@H]2[C@@H]3CC[C@@]45OC4C(=O)CC[C@]5(C)[C@H]3CC[C@]12C. The minimum atomic E-state index is -0.0562. The van der Waals surface area contributed by atoms with Crippen LogP contribution in [0, 0.1) is 46.3 Å². The zero-order valence-electron chi connectivity index (χ0n) is 19.6. The van der Waals surface area contributed by atoms with E-state index in [4.69, 9.17) is 4.74 Å². The first kappa shape index (κ1) is 20.5. The number of rotatable bonds is 5. The summed E-state index contributed by atoms with van der Waals surface area (Å²) in [4.78, 5) is 12.3. The topological polar surface area (TPSA) is 29.6 Å².